The van der Waals surface area contributed by atoms with E-state index in [9.17, 15) is 27.2 Å². The van der Waals surface area contributed by atoms with Crippen molar-refractivity contribution in [1.29, 1.82) is 0 Å². The molecule has 1 fully saturated rings. The van der Waals surface area contributed by atoms with Crippen molar-refractivity contribution in [3.8, 4) is 17.0 Å². The van der Waals surface area contributed by atoms with Crippen LogP contribution in [0.25, 0.3) is 16.9 Å². The molecule has 0 atom stereocenters. The van der Waals surface area contributed by atoms with E-state index < -0.39 is 30.7 Å². The number of fused-ring (bicyclic) bond motifs is 1. The van der Waals surface area contributed by atoms with Crippen molar-refractivity contribution in [3.05, 3.63) is 76.9 Å². The molecule has 40 heavy (non-hydrogen) atoms. The number of para-hydroxylation sites is 1. The molecule has 1 N–H and O–H groups in total. The van der Waals surface area contributed by atoms with Crippen molar-refractivity contribution in [1.82, 2.24) is 14.6 Å². The number of hydrogen-bond donors (Lipinski definition) is 1. The fourth-order valence-electron chi connectivity index (χ4n) is 4.61. The number of benzene rings is 2. The number of alkyl halides is 3. The minimum Gasteiger partial charge on any atom is -0.493 e. The Morgan fingerprint density at radius 1 is 1.12 bits per heavy atom. The van der Waals surface area contributed by atoms with E-state index in [2.05, 4.69) is 15.4 Å². The number of aryl methyl sites for hydroxylation is 1. The van der Waals surface area contributed by atoms with E-state index in [-0.39, 0.29) is 34.1 Å². The smallest absolute Gasteiger partial charge is 0.390 e. The van der Waals surface area contributed by atoms with Crippen LogP contribution in [0.5, 0.6) is 5.75 Å². The van der Waals surface area contributed by atoms with Crippen molar-refractivity contribution in [2.75, 3.05) is 19.0 Å². The predicted molar refractivity (Wildman–Crippen MR) is 140 cm³/mol. The zero-order chi connectivity index (χ0) is 28.6. The molecule has 0 spiro atoms. The number of imidazole rings is 1. The molecule has 2 aromatic heterocycles. The van der Waals surface area contributed by atoms with Crippen LogP contribution < -0.4 is 10.1 Å². The van der Waals surface area contributed by atoms with E-state index in [0.29, 0.717) is 29.2 Å². The summed E-state index contributed by atoms with van der Waals surface area (Å²) in [5.74, 6) is -1.17. The normalized spacial score (nSPS) is 13.4. The fourth-order valence-corrected chi connectivity index (χ4v) is 4.61. The molecule has 1 aliphatic carbocycles. The first kappa shape index (κ1) is 27.3. The van der Waals surface area contributed by atoms with Crippen LogP contribution in [0.4, 0.5) is 23.2 Å². The molecule has 1 saturated carbocycles. The number of hydrogen-bond acceptors (Lipinski definition) is 6. The quantitative estimate of drug-likeness (QED) is 0.180. The number of rotatable bonds is 10. The fraction of sp³-hybridized carbons (Fsp3) is 0.310. The van der Waals surface area contributed by atoms with E-state index in [4.69, 9.17) is 4.74 Å². The Balaban J connectivity index is 1.58. The molecule has 0 unspecified atom stereocenters. The molecule has 0 bridgehead atoms. The largest absolute Gasteiger partial charge is 0.493 e. The summed E-state index contributed by atoms with van der Waals surface area (Å²) >= 11 is 0. The maximum Gasteiger partial charge on any atom is 0.390 e. The van der Waals surface area contributed by atoms with Crippen LogP contribution in [0.15, 0.2) is 48.7 Å². The molecule has 2 aromatic carbocycles. The van der Waals surface area contributed by atoms with Crippen LogP contribution >= 0.6 is 0 Å². The Hall–Kier alpha value is -4.28. The molecule has 2 heterocycles. The maximum atomic E-state index is 14.3. The van der Waals surface area contributed by atoms with E-state index in [1.165, 1.54) is 36.0 Å². The number of halogens is 4. The van der Waals surface area contributed by atoms with Crippen molar-refractivity contribution in [2.45, 2.75) is 38.8 Å². The van der Waals surface area contributed by atoms with Crippen LogP contribution in [-0.2, 0) is 0 Å². The van der Waals surface area contributed by atoms with Gasteiger partial charge in [-0.2, -0.15) is 18.3 Å². The number of aromatic nitrogens is 3. The van der Waals surface area contributed by atoms with Gasteiger partial charge in [-0.15, -0.1) is 0 Å². The summed E-state index contributed by atoms with van der Waals surface area (Å²) < 4.78 is 59.3. The monoisotopic (exact) mass is 554 g/mol. The second-order valence-corrected chi connectivity index (χ2v) is 9.86. The van der Waals surface area contributed by atoms with Gasteiger partial charge in [-0.25, -0.2) is 13.9 Å². The SMILES string of the molecule is COc1c(F)cccc1C(=O)c1cc(NCCC(F)(F)F)c2ncc(-c3ccc(C(=O)CC4CC4)c(C)c3)n2n1. The molecular formula is C29H26F4N4O3. The van der Waals surface area contributed by atoms with Crippen LogP contribution in [0.2, 0.25) is 0 Å². The van der Waals surface area contributed by atoms with Gasteiger partial charge >= 0.3 is 6.18 Å². The third-order valence-corrected chi connectivity index (χ3v) is 6.83. The zero-order valence-electron chi connectivity index (χ0n) is 21.8. The number of anilines is 1. The lowest BCUT2D eigenvalue weighted by atomic mass is 9.98. The topological polar surface area (TPSA) is 85.6 Å². The van der Waals surface area contributed by atoms with Crippen molar-refractivity contribution in [2.24, 2.45) is 5.92 Å². The molecule has 11 heteroatoms. The van der Waals surface area contributed by atoms with Crippen LogP contribution in [0, 0.1) is 18.7 Å². The highest BCUT2D eigenvalue weighted by molar-refractivity contribution is 6.10. The summed E-state index contributed by atoms with van der Waals surface area (Å²) in [6.07, 6.45) is -1.35. The molecule has 7 nitrogen and oxygen atoms in total. The number of Topliss-reactive ketones (excluding diaryl/α,β-unsaturated/α-hetero) is 1. The summed E-state index contributed by atoms with van der Waals surface area (Å²) in [6.45, 7) is 1.37. The lowest BCUT2D eigenvalue weighted by Crippen LogP contribution is -2.16. The Labute approximate surface area is 227 Å². The van der Waals surface area contributed by atoms with Crippen molar-refractivity contribution in [3.63, 3.8) is 0 Å². The number of nitrogens with zero attached hydrogens (tertiary/aromatic N) is 3. The molecule has 5 rings (SSSR count). The molecule has 1 aliphatic rings. The highest BCUT2D eigenvalue weighted by Gasteiger charge is 2.28. The van der Waals surface area contributed by atoms with Gasteiger partial charge in [-0.05, 0) is 55.5 Å². The van der Waals surface area contributed by atoms with Gasteiger partial charge in [-0.1, -0.05) is 18.2 Å². The molecule has 0 amide bonds. The first-order valence-corrected chi connectivity index (χ1v) is 12.8. The van der Waals surface area contributed by atoms with Crippen molar-refractivity contribution >= 4 is 22.9 Å². The number of methoxy groups -OCH3 is 1. The van der Waals surface area contributed by atoms with Gasteiger partial charge in [0, 0.05) is 24.1 Å². The van der Waals surface area contributed by atoms with E-state index in [1.807, 2.05) is 13.0 Å². The van der Waals surface area contributed by atoms with Gasteiger partial charge < -0.3 is 10.1 Å². The second kappa shape index (κ2) is 10.7. The predicted octanol–water partition coefficient (Wildman–Crippen LogP) is 6.43. The molecule has 0 saturated heterocycles. The number of ketones is 2. The van der Waals surface area contributed by atoms with E-state index in [1.54, 1.807) is 12.1 Å². The zero-order valence-corrected chi connectivity index (χ0v) is 21.8. The number of nitrogens with one attached hydrogen (secondary N) is 1. The summed E-state index contributed by atoms with van der Waals surface area (Å²) in [6, 6.07) is 10.5. The van der Waals surface area contributed by atoms with Crippen molar-refractivity contribution < 1.29 is 31.9 Å². The Morgan fingerprint density at radius 3 is 2.58 bits per heavy atom. The molecule has 0 radical (unpaired) electrons. The number of carbonyl (C=O) groups excluding carboxylic acids is 2. The first-order valence-electron chi connectivity index (χ1n) is 12.8. The second-order valence-electron chi connectivity index (χ2n) is 9.86. The maximum absolute atomic E-state index is 14.3. The van der Waals surface area contributed by atoms with Gasteiger partial charge in [0.05, 0.1) is 36.7 Å². The molecular weight excluding hydrogens is 528 g/mol. The molecule has 4 aromatic rings. The van der Waals surface area contributed by atoms with E-state index >= 15 is 0 Å². The first-order chi connectivity index (χ1) is 19.1. The average molecular weight is 555 g/mol. The Morgan fingerprint density at radius 2 is 1.90 bits per heavy atom. The summed E-state index contributed by atoms with van der Waals surface area (Å²) in [7, 11) is 1.23. The average Bonchev–Trinajstić information content (AvgIpc) is 3.61. The Kier molecular flexibility index (Phi) is 7.31. The highest BCUT2D eigenvalue weighted by Crippen LogP contribution is 2.35. The van der Waals surface area contributed by atoms with Gasteiger partial charge in [0.1, 0.15) is 5.69 Å². The summed E-state index contributed by atoms with van der Waals surface area (Å²) in [4.78, 5) is 30.5. The van der Waals surface area contributed by atoms with Crippen LogP contribution in [-0.4, -0.2) is 46.0 Å². The minimum atomic E-state index is -4.39. The summed E-state index contributed by atoms with van der Waals surface area (Å²) in [5.41, 5.74) is 2.60. The standard InChI is InChI=1S/C29H26F4N4O3/c1-16-12-18(8-9-19(16)25(38)13-17-6-7-17)24-15-35-28-23(34-11-10-29(31,32)33)14-22(36-37(24)28)26(39)20-4-3-5-21(30)27(20)40-2/h3-5,8-9,12,14-15,17,34H,6-7,10-11,13H2,1-2H3. The third kappa shape index (κ3) is 5.68. The molecule has 208 valence electrons. The molecule has 0 aliphatic heterocycles. The van der Waals surface area contributed by atoms with Crippen LogP contribution in [0.1, 0.15) is 57.7 Å². The number of carbonyl (C=O) groups is 2. The highest BCUT2D eigenvalue weighted by atomic mass is 19.4. The minimum absolute atomic E-state index is 0.0795. The third-order valence-electron chi connectivity index (χ3n) is 6.83. The van der Waals surface area contributed by atoms with Gasteiger partial charge in [-0.3, -0.25) is 9.59 Å². The van der Waals surface area contributed by atoms with Gasteiger partial charge in [0.25, 0.3) is 0 Å². The lowest BCUT2D eigenvalue weighted by Gasteiger charge is -2.13. The Bertz CT molecular complexity index is 1610. The van der Waals surface area contributed by atoms with Crippen LogP contribution in [0.3, 0.4) is 0 Å². The van der Waals surface area contributed by atoms with E-state index in [0.717, 1.165) is 24.5 Å². The van der Waals surface area contributed by atoms with Gasteiger partial charge in [0.15, 0.2) is 23.0 Å². The number of ether oxygens (including phenoxy) is 1. The van der Waals surface area contributed by atoms with Gasteiger partial charge in [0.2, 0.25) is 5.78 Å². The summed E-state index contributed by atoms with van der Waals surface area (Å²) in [5, 5.41) is 7.15. The lowest BCUT2D eigenvalue weighted by molar-refractivity contribution is -0.131.